The van der Waals surface area contributed by atoms with Crippen LogP contribution in [-0.4, -0.2) is 55.0 Å². The van der Waals surface area contributed by atoms with Crippen LogP contribution in [0.2, 0.25) is 0 Å². The van der Waals surface area contributed by atoms with Gasteiger partial charge in [-0.2, -0.15) is 0 Å². The molecule has 0 bridgehead atoms. The van der Waals surface area contributed by atoms with Crippen LogP contribution in [0.3, 0.4) is 0 Å². The average molecular weight is 349 g/mol. The smallest absolute Gasteiger partial charge is 0.317 e. The largest absolute Gasteiger partial charge is 0.349 e. The van der Waals surface area contributed by atoms with Crippen LogP contribution in [0, 0.1) is 11.7 Å². The molecule has 6 heteroatoms. The monoisotopic (exact) mass is 349 g/mol. The normalized spacial score (nSPS) is 16.4. The lowest BCUT2D eigenvalue weighted by Crippen LogP contribution is -2.48. The number of likely N-dealkylation sites (tertiary alicyclic amines) is 1. The molecule has 25 heavy (non-hydrogen) atoms. The van der Waals surface area contributed by atoms with Crippen LogP contribution in [0.5, 0.6) is 0 Å². The summed E-state index contributed by atoms with van der Waals surface area (Å²) in [4.78, 5) is 27.5. The SMILES string of the molecule is C[C@@H](Cc1ccccc1F)NC(=O)N1CCC(CC(=O)N(C)C)CC1. The predicted molar refractivity (Wildman–Crippen MR) is 95.7 cm³/mol. The van der Waals surface area contributed by atoms with E-state index >= 15 is 0 Å². The predicted octanol–water partition coefficient (Wildman–Crippen LogP) is 2.66. The second kappa shape index (κ2) is 8.83. The maximum atomic E-state index is 13.7. The number of benzene rings is 1. The Morgan fingerprint density at radius 1 is 1.28 bits per heavy atom. The molecule has 1 aromatic carbocycles. The van der Waals surface area contributed by atoms with Gasteiger partial charge in [0.05, 0.1) is 0 Å². The minimum atomic E-state index is -0.241. The summed E-state index contributed by atoms with van der Waals surface area (Å²) in [5.41, 5.74) is 0.608. The van der Waals surface area contributed by atoms with Crippen LogP contribution >= 0.6 is 0 Å². The van der Waals surface area contributed by atoms with Crippen LogP contribution < -0.4 is 5.32 Å². The van der Waals surface area contributed by atoms with Crippen molar-refractivity contribution in [3.8, 4) is 0 Å². The Balaban J connectivity index is 1.76. The van der Waals surface area contributed by atoms with Gasteiger partial charge in [-0.25, -0.2) is 9.18 Å². The van der Waals surface area contributed by atoms with Crippen molar-refractivity contribution in [2.24, 2.45) is 5.92 Å². The van der Waals surface area contributed by atoms with Crippen molar-refractivity contribution in [1.82, 2.24) is 15.1 Å². The lowest BCUT2D eigenvalue weighted by atomic mass is 9.93. The van der Waals surface area contributed by atoms with Crippen molar-refractivity contribution in [3.63, 3.8) is 0 Å². The summed E-state index contributed by atoms with van der Waals surface area (Å²) in [5, 5.41) is 2.94. The number of carbonyl (C=O) groups is 2. The summed E-state index contributed by atoms with van der Waals surface area (Å²) in [6.07, 6.45) is 2.70. The molecule has 5 nitrogen and oxygen atoms in total. The van der Waals surface area contributed by atoms with Gasteiger partial charge in [0.15, 0.2) is 0 Å². The number of piperidine rings is 1. The van der Waals surface area contributed by atoms with E-state index in [0.717, 1.165) is 12.8 Å². The fraction of sp³-hybridized carbons (Fsp3) is 0.579. The number of nitrogens with one attached hydrogen (secondary N) is 1. The number of amides is 3. The van der Waals surface area contributed by atoms with E-state index in [4.69, 9.17) is 0 Å². The highest BCUT2D eigenvalue weighted by atomic mass is 19.1. The molecule has 1 fully saturated rings. The Morgan fingerprint density at radius 3 is 2.52 bits per heavy atom. The van der Waals surface area contributed by atoms with Gasteiger partial charge >= 0.3 is 6.03 Å². The second-order valence-electron chi connectivity index (χ2n) is 7.07. The summed E-state index contributed by atoms with van der Waals surface area (Å²) < 4.78 is 13.7. The van der Waals surface area contributed by atoms with Gasteiger partial charge in [0.25, 0.3) is 0 Å². The van der Waals surface area contributed by atoms with Crippen LogP contribution in [0.25, 0.3) is 0 Å². The van der Waals surface area contributed by atoms with Crippen molar-refractivity contribution >= 4 is 11.9 Å². The highest BCUT2D eigenvalue weighted by Crippen LogP contribution is 2.21. The lowest BCUT2D eigenvalue weighted by Gasteiger charge is -2.33. The van der Waals surface area contributed by atoms with E-state index < -0.39 is 0 Å². The summed E-state index contributed by atoms with van der Waals surface area (Å²) >= 11 is 0. The number of urea groups is 1. The molecule has 1 aliphatic rings. The van der Waals surface area contributed by atoms with Gasteiger partial charge in [0.2, 0.25) is 5.91 Å². The zero-order chi connectivity index (χ0) is 18.4. The standard InChI is InChI=1S/C19H28FN3O2/c1-14(12-16-6-4-5-7-17(16)20)21-19(25)23-10-8-15(9-11-23)13-18(24)22(2)3/h4-7,14-15H,8-13H2,1-3H3,(H,21,25)/t14-/m0/s1. The van der Waals surface area contributed by atoms with Crippen molar-refractivity contribution in [2.45, 2.75) is 38.6 Å². The van der Waals surface area contributed by atoms with Gasteiger partial charge in [-0.1, -0.05) is 18.2 Å². The van der Waals surface area contributed by atoms with Gasteiger partial charge in [0.1, 0.15) is 5.82 Å². The fourth-order valence-corrected chi connectivity index (χ4v) is 3.12. The number of halogens is 1. The highest BCUT2D eigenvalue weighted by molar-refractivity contribution is 5.76. The average Bonchev–Trinajstić information content (AvgIpc) is 2.57. The molecule has 3 amide bonds. The first-order chi connectivity index (χ1) is 11.9. The molecule has 0 unspecified atom stereocenters. The molecule has 2 rings (SSSR count). The number of carbonyl (C=O) groups excluding carboxylic acids is 2. The summed E-state index contributed by atoms with van der Waals surface area (Å²) in [6.45, 7) is 3.19. The van der Waals surface area contributed by atoms with E-state index in [9.17, 15) is 14.0 Å². The Hall–Kier alpha value is -2.11. The Labute approximate surface area is 149 Å². The van der Waals surface area contributed by atoms with Gasteiger partial charge in [-0.05, 0) is 43.7 Å². The van der Waals surface area contributed by atoms with E-state index in [1.165, 1.54) is 6.07 Å². The van der Waals surface area contributed by atoms with Gasteiger partial charge in [-0.15, -0.1) is 0 Å². The second-order valence-corrected chi connectivity index (χ2v) is 7.07. The quantitative estimate of drug-likeness (QED) is 0.888. The Bertz CT molecular complexity index is 598. The summed E-state index contributed by atoms with van der Waals surface area (Å²) in [6, 6.07) is 6.38. The first-order valence-corrected chi connectivity index (χ1v) is 8.85. The molecule has 1 atom stereocenters. The van der Waals surface area contributed by atoms with Crippen molar-refractivity contribution < 1.29 is 14.0 Å². The molecular weight excluding hydrogens is 321 g/mol. The third-order valence-electron chi connectivity index (χ3n) is 4.72. The molecule has 1 heterocycles. The lowest BCUT2D eigenvalue weighted by molar-refractivity contribution is -0.129. The molecule has 1 aromatic rings. The third-order valence-corrected chi connectivity index (χ3v) is 4.72. The third kappa shape index (κ3) is 5.73. The van der Waals surface area contributed by atoms with Gasteiger partial charge in [-0.3, -0.25) is 4.79 Å². The van der Waals surface area contributed by atoms with E-state index in [-0.39, 0.29) is 23.8 Å². The molecule has 0 aliphatic carbocycles. The van der Waals surface area contributed by atoms with E-state index in [1.54, 1.807) is 42.1 Å². The van der Waals surface area contributed by atoms with Gasteiger partial charge < -0.3 is 15.1 Å². The molecular formula is C19H28FN3O2. The Kier molecular flexibility index (Phi) is 6.79. The zero-order valence-electron chi connectivity index (χ0n) is 15.3. The molecule has 0 spiro atoms. The zero-order valence-corrected chi connectivity index (χ0v) is 15.3. The molecule has 0 aromatic heterocycles. The fourth-order valence-electron chi connectivity index (χ4n) is 3.12. The van der Waals surface area contributed by atoms with Crippen LogP contribution in [0.1, 0.15) is 31.7 Å². The molecule has 1 saturated heterocycles. The van der Waals surface area contributed by atoms with E-state index in [2.05, 4.69) is 5.32 Å². The molecule has 1 aliphatic heterocycles. The Morgan fingerprint density at radius 2 is 1.92 bits per heavy atom. The number of hydrogen-bond donors (Lipinski definition) is 1. The molecule has 0 saturated carbocycles. The summed E-state index contributed by atoms with van der Waals surface area (Å²) in [7, 11) is 3.53. The van der Waals surface area contributed by atoms with Crippen LogP contribution in [0.15, 0.2) is 24.3 Å². The van der Waals surface area contributed by atoms with E-state index in [1.807, 2.05) is 6.92 Å². The maximum Gasteiger partial charge on any atom is 0.317 e. The first-order valence-electron chi connectivity index (χ1n) is 8.85. The van der Waals surface area contributed by atoms with Crippen molar-refractivity contribution in [2.75, 3.05) is 27.2 Å². The minimum Gasteiger partial charge on any atom is -0.349 e. The number of nitrogens with zero attached hydrogens (tertiary/aromatic N) is 2. The highest BCUT2D eigenvalue weighted by Gasteiger charge is 2.25. The number of rotatable bonds is 5. The summed E-state index contributed by atoms with van der Waals surface area (Å²) in [5.74, 6) is 0.242. The van der Waals surface area contributed by atoms with Crippen LogP contribution in [0.4, 0.5) is 9.18 Å². The molecule has 1 N–H and O–H groups in total. The first kappa shape index (κ1) is 19.2. The van der Waals surface area contributed by atoms with E-state index in [0.29, 0.717) is 37.4 Å². The van der Waals surface area contributed by atoms with Gasteiger partial charge in [0, 0.05) is 39.6 Å². The topological polar surface area (TPSA) is 52.7 Å². The van der Waals surface area contributed by atoms with Crippen LogP contribution in [-0.2, 0) is 11.2 Å². The maximum absolute atomic E-state index is 13.7. The molecule has 0 radical (unpaired) electrons. The minimum absolute atomic E-state index is 0.110. The van der Waals surface area contributed by atoms with Crippen molar-refractivity contribution in [3.05, 3.63) is 35.6 Å². The number of hydrogen-bond acceptors (Lipinski definition) is 2. The van der Waals surface area contributed by atoms with Crippen molar-refractivity contribution in [1.29, 1.82) is 0 Å². The molecule has 138 valence electrons.